The number of carbonyl (C=O) groups is 1. The molecule has 4 aromatic carbocycles. The Morgan fingerprint density at radius 1 is 0.950 bits per heavy atom. The van der Waals surface area contributed by atoms with Crippen molar-refractivity contribution in [3.63, 3.8) is 0 Å². The van der Waals surface area contributed by atoms with E-state index in [9.17, 15) is 14.0 Å². The van der Waals surface area contributed by atoms with Crippen LogP contribution in [0.15, 0.2) is 107 Å². The summed E-state index contributed by atoms with van der Waals surface area (Å²) in [7, 11) is 0. The minimum absolute atomic E-state index is 0.0704. The van der Waals surface area contributed by atoms with E-state index >= 15 is 0 Å². The average Bonchev–Trinajstić information content (AvgIpc) is 2.98. The molecule has 8 nitrogen and oxygen atoms in total. The van der Waals surface area contributed by atoms with E-state index in [0.29, 0.717) is 40.4 Å². The Morgan fingerprint density at radius 2 is 1.70 bits per heavy atom. The molecule has 0 fully saturated rings. The van der Waals surface area contributed by atoms with E-state index in [0.717, 1.165) is 5.56 Å². The van der Waals surface area contributed by atoms with E-state index in [1.807, 2.05) is 43.3 Å². The lowest BCUT2D eigenvalue weighted by molar-refractivity contribution is -0.118. The van der Waals surface area contributed by atoms with Gasteiger partial charge in [0.15, 0.2) is 23.9 Å². The van der Waals surface area contributed by atoms with Gasteiger partial charge in [-0.3, -0.25) is 9.59 Å². The first-order valence-electron chi connectivity index (χ1n) is 12.6. The van der Waals surface area contributed by atoms with Gasteiger partial charge in [-0.05, 0) is 55.0 Å². The Hall–Kier alpha value is -5.31. The number of hydrogen-bond acceptors (Lipinski definition) is 6. The number of benzene rings is 4. The molecule has 0 saturated heterocycles. The molecule has 0 aliphatic heterocycles. The minimum Gasteiger partial charge on any atom is -0.490 e. The number of halogens is 1. The molecule has 1 N–H and O–H groups in total. The first-order chi connectivity index (χ1) is 19.5. The number of fused-ring (bicyclic) bond motifs is 1. The van der Waals surface area contributed by atoms with Gasteiger partial charge in [0.25, 0.3) is 11.5 Å². The Morgan fingerprint density at radius 3 is 2.50 bits per heavy atom. The molecule has 1 aromatic heterocycles. The van der Waals surface area contributed by atoms with Gasteiger partial charge in [0, 0.05) is 5.56 Å². The van der Waals surface area contributed by atoms with E-state index in [1.54, 1.807) is 42.5 Å². The predicted octanol–water partition coefficient (Wildman–Crippen LogP) is 5.50. The molecule has 0 spiro atoms. The maximum atomic E-state index is 13.8. The van der Waals surface area contributed by atoms with Crippen LogP contribution < -0.4 is 20.3 Å². The highest BCUT2D eigenvalue weighted by Gasteiger charge is 2.13. The third-order valence-electron chi connectivity index (χ3n) is 5.88. The fourth-order valence-electron chi connectivity index (χ4n) is 4.01. The highest BCUT2D eigenvalue weighted by Crippen LogP contribution is 2.28. The van der Waals surface area contributed by atoms with Gasteiger partial charge in [0.05, 0.1) is 29.4 Å². The van der Waals surface area contributed by atoms with E-state index in [2.05, 4.69) is 10.4 Å². The molecule has 40 heavy (non-hydrogen) atoms. The van der Waals surface area contributed by atoms with Crippen molar-refractivity contribution in [2.75, 3.05) is 18.5 Å². The molecule has 0 bridgehead atoms. The smallest absolute Gasteiger partial charge is 0.282 e. The van der Waals surface area contributed by atoms with Crippen molar-refractivity contribution in [3.8, 4) is 22.9 Å². The second-order valence-electron chi connectivity index (χ2n) is 8.64. The van der Waals surface area contributed by atoms with E-state index in [1.165, 1.54) is 29.1 Å². The number of nitrogens with one attached hydrogen (secondary N) is 1. The minimum atomic E-state index is -0.536. The molecule has 9 heteroatoms. The van der Waals surface area contributed by atoms with Crippen LogP contribution in [0.5, 0.6) is 11.5 Å². The number of ether oxygens (including phenoxy) is 2. The summed E-state index contributed by atoms with van der Waals surface area (Å²) in [5, 5.41) is 7.41. The second-order valence-corrected chi connectivity index (χ2v) is 8.64. The molecule has 5 aromatic rings. The average molecular weight is 537 g/mol. The highest BCUT2D eigenvalue weighted by molar-refractivity contribution is 5.92. The van der Waals surface area contributed by atoms with Crippen molar-refractivity contribution in [3.05, 3.63) is 119 Å². The quantitative estimate of drug-likeness (QED) is 0.251. The fourth-order valence-corrected chi connectivity index (χ4v) is 4.01. The maximum absolute atomic E-state index is 13.8. The summed E-state index contributed by atoms with van der Waals surface area (Å²) in [5.41, 5.74) is 1.73. The predicted molar refractivity (Wildman–Crippen MR) is 153 cm³/mol. The Bertz CT molecular complexity index is 1750. The Kier molecular flexibility index (Phi) is 7.92. The molecule has 0 aliphatic carbocycles. The van der Waals surface area contributed by atoms with Crippen LogP contribution in [0, 0.1) is 5.82 Å². The molecule has 0 atom stereocenters. The van der Waals surface area contributed by atoms with Gasteiger partial charge < -0.3 is 14.8 Å². The monoisotopic (exact) mass is 536 g/mol. The van der Waals surface area contributed by atoms with E-state index in [-0.39, 0.29) is 17.9 Å². The Labute approximate surface area is 229 Å². The van der Waals surface area contributed by atoms with Crippen LogP contribution in [0.1, 0.15) is 12.5 Å². The van der Waals surface area contributed by atoms with Gasteiger partial charge >= 0.3 is 0 Å². The zero-order valence-electron chi connectivity index (χ0n) is 21.6. The van der Waals surface area contributed by atoms with Gasteiger partial charge in [-0.15, -0.1) is 0 Å². The van der Waals surface area contributed by atoms with Crippen LogP contribution in [0.4, 0.5) is 10.1 Å². The molecular weight excluding hydrogens is 511 g/mol. The lowest BCUT2D eigenvalue weighted by Gasteiger charge is -2.13. The van der Waals surface area contributed by atoms with Crippen molar-refractivity contribution in [2.45, 2.75) is 6.92 Å². The maximum Gasteiger partial charge on any atom is 0.282 e. The molecule has 1 amide bonds. The molecule has 0 saturated carbocycles. The Balaban J connectivity index is 1.41. The van der Waals surface area contributed by atoms with Gasteiger partial charge in [0.2, 0.25) is 0 Å². The SMILES string of the molecule is CCOc1cc(C=Nn2c(-c3ccccc3)nc3ccccc3c2=O)ccc1OCC(=O)Nc1ccccc1F. The summed E-state index contributed by atoms with van der Waals surface area (Å²) in [5.74, 6) is 0.0708. The number of anilines is 1. The van der Waals surface area contributed by atoms with E-state index in [4.69, 9.17) is 14.5 Å². The van der Waals surface area contributed by atoms with Crippen LogP contribution >= 0.6 is 0 Å². The zero-order valence-corrected chi connectivity index (χ0v) is 21.6. The third kappa shape index (κ3) is 5.88. The number of aromatic nitrogens is 2. The summed E-state index contributed by atoms with van der Waals surface area (Å²) in [6, 6.07) is 27.4. The third-order valence-corrected chi connectivity index (χ3v) is 5.88. The van der Waals surface area contributed by atoms with Crippen molar-refractivity contribution in [1.82, 2.24) is 9.66 Å². The summed E-state index contributed by atoms with van der Waals surface area (Å²) >= 11 is 0. The number of hydrogen-bond donors (Lipinski definition) is 1. The summed E-state index contributed by atoms with van der Waals surface area (Å²) in [6.07, 6.45) is 1.53. The van der Waals surface area contributed by atoms with Crippen LogP contribution in [0.2, 0.25) is 0 Å². The number of para-hydroxylation sites is 2. The second kappa shape index (κ2) is 12.0. The normalized spacial score (nSPS) is 11.1. The van der Waals surface area contributed by atoms with Crippen LogP contribution in [0.25, 0.3) is 22.3 Å². The topological polar surface area (TPSA) is 94.8 Å². The standard InChI is InChI=1S/C31H25FN4O4/c1-2-39-28-18-21(16-17-27(28)40-20-29(37)34-26-15-9-7-13-24(26)32)19-33-36-30(22-10-4-3-5-11-22)35-25-14-8-6-12-23(25)31(36)38/h3-19H,2,20H2,1H3,(H,34,37). The van der Waals surface area contributed by atoms with Gasteiger partial charge in [-0.25, -0.2) is 9.37 Å². The lowest BCUT2D eigenvalue weighted by Crippen LogP contribution is -2.21. The molecule has 5 rings (SSSR count). The number of nitrogens with zero attached hydrogens (tertiary/aromatic N) is 3. The molecule has 0 aliphatic rings. The highest BCUT2D eigenvalue weighted by atomic mass is 19.1. The number of amides is 1. The summed E-state index contributed by atoms with van der Waals surface area (Å²) < 4.78 is 26.5. The summed E-state index contributed by atoms with van der Waals surface area (Å²) in [6.45, 7) is 1.83. The molecule has 200 valence electrons. The van der Waals surface area contributed by atoms with Crippen molar-refractivity contribution < 1.29 is 18.7 Å². The van der Waals surface area contributed by atoms with Gasteiger partial charge in [-0.1, -0.05) is 54.6 Å². The lowest BCUT2D eigenvalue weighted by atomic mass is 10.2. The van der Waals surface area contributed by atoms with E-state index < -0.39 is 11.7 Å². The number of rotatable bonds is 9. The van der Waals surface area contributed by atoms with Crippen molar-refractivity contribution in [2.24, 2.45) is 5.10 Å². The van der Waals surface area contributed by atoms with Crippen molar-refractivity contribution in [1.29, 1.82) is 0 Å². The van der Waals surface area contributed by atoms with Crippen LogP contribution in [-0.2, 0) is 4.79 Å². The first kappa shape index (κ1) is 26.3. The van der Waals surface area contributed by atoms with Gasteiger partial charge in [-0.2, -0.15) is 9.78 Å². The molecule has 0 unspecified atom stereocenters. The van der Waals surface area contributed by atoms with Crippen LogP contribution in [0.3, 0.4) is 0 Å². The zero-order chi connectivity index (χ0) is 27.9. The van der Waals surface area contributed by atoms with Crippen molar-refractivity contribution >= 4 is 28.7 Å². The van der Waals surface area contributed by atoms with Crippen LogP contribution in [-0.4, -0.2) is 35.0 Å². The molecule has 1 heterocycles. The fraction of sp³-hybridized carbons (Fsp3) is 0.0968. The summed E-state index contributed by atoms with van der Waals surface area (Å²) in [4.78, 5) is 30.4. The molecular formula is C31H25FN4O4. The van der Waals surface area contributed by atoms with Gasteiger partial charge in [0.1, 0.15) is 5.82 Å². The number of carbonyl (C=O) groups excluding carboxylic acids is 1. The largest absolute Gasteiger partial charge is 0.490 e. The molecule has 0 radical (unpaired) electrons. The first-order valence-corrected chi connectivity index (χ1v) is 12.6.